The first-order valence-electron chi connectivity index (χ1n) is 6.84. The molecule has 92 valence electrons. The van der Waals surface area contributed by atoms with Crippen LogP contribution in [0.25, 0.3) is 0 Å². The molecule has 0 saturated carbocycles. The van der Waals surface area contributed by atoms with Gasteiger partial charge in [0.15, 0.2) is 0 Å². The van der Waals surface area contributed by atoms with Crippen LogP contribution in [0.3, 0.4) is 0 Å². The molecule has 0 aliphatic carbocycles. The summed E-state index contributed by atoms with van der Waals surface area (Å²) < 4.78 is 0. The van der Waals surface area contributed by atoms with E-state index in [-0.39, 0.29) is 0 Å². The topological polar surface area (TPSA) is 0 Å². The monoisotopic (exact) mass is 212 g/mol. The second kappa shape index (κ2) is 6.55. The van der Waals surface area contributed by atoms with Gasteiger partial charge in [-0.05, 0) is 36.0 Å². The summed E-state index contributed by atoms with van der Waals surface area (Å²) in [6.45, 7) is 16.7. The van der Waals surface area contributed by atoms with E-state index in [0.29, 0.717) is 5.41 Å². The molecule has 0 spiro atoms. The van der Waals surface area contributed by atoms with Crippen molar-refractivity contribution in [2.24, 2.45) is 23.2 Å². The Bertz CT molecular complexity index is 157. The molecule has 0 heteroatoms. The Labute approximate surface area is 97.8 Å². The van der Waals surface area contributed by atoms with E-state index in [1.54, 1.807) is 0 Å². The first kappa shape index (κ1) is 15.0. The van der Waals surface area contributed by atoms with E-state index in [4.69, 9.17) is 0 Å². The molecule has 3 unspecified atom stereocenters. The standard InChI is InChI=1S/C15H32/c1-8-10-15(6,7)11-13(4)14(5)12(3)9-2/h12-14H,8-11H2,1-7H3. The van der Waals surface area contributed by atoms with Crippen molar-refractivity contribution in [3.05, 3.63) is 0 Å². The fraction of sp³-hybridized carbons (Fsp3) is 1.00. The Hall–Kier alpha value is 0. The van der Waals surface area contributed by atoms with E-state index in [1.165, 1.54) is 25.7 Å². The largest absolute Gasteiger partial charge is 0.0654 e. The Morgan fingerprint density at radius 1 is 0.933 bits per heavy atom. The van der Waals surface area contributed by atoms with Gasteiger partial charge < -0.3 is 0 Å². The van der Waals surface area contributed by atoms with Crippen molar-refractivity contribution in [2.45, 2.75) is 74.1 Å². The third-order valence-electron chi connectivity index (χ3n) is 4.24. The number of hydrogen-bond acceptors (Lipinski definition) is 0. The smallest absolute Gasteiger partial charge is 0.0352 e. The van der Waals surface area contributed by atoms with Crippen LogP contribution in [-0.4, -0.2) is 0 Å². The third-order valence-corrected chi connectivity index (χ3v) is 4.24. The molecule has 0 saturated heterocycles. The van der Waals surface area contributed by atoms with Crippen LogP contribution in [-0.2, 0) is 0 Å². The molecule has 0 fully saturated rings. The van der Waals surface area contributed by atoms with Crippen LogP contribution in [0.15, 0.2) is 0 Å². The number of hydrogen-bond donors (Lipinski definition) is 0. The summed E-state index contributed by atoms with van der Waals surface area (Å²) in [5.41, 5.74) is 0.538. The van der Waals surface area contributed by atoms with Gasteiger partial charge in [-0.3, -0.25) is 0 Å². The average Bonchev–Trinajstić information content (AvgIpc) is 2.14. The van der Waals surface area contributed by atoms with Crippen LogP contribution in [0.2, 0.25) is 0 Å². The van der Waals surface area contributed by atoms with Crippen molar-refractivity contribution >= 4 is 0 Å². The summed E-state index contributed by atoms with van der Waals surface area (Å²) in [7, 11) is 0. The average molecular weight is 212 g/mol. The summed E-state index contributed by atoms with van der Waals surface area (Å²) in [4.78, 5) is 0. The second-order valence-electron chi connectivity index (χ2n) is 6.34. The van der Waals surface area contributed by atoms with Crippen LogP contribution in [0.1, 0.15) is 74.1 Å². The Morgan fingerprint density at radius 3 is 1.87 bits per heavy atom. The van der Waals surface area contributed by atoms with Crippen LogP contribution >= 0.6 is 0 Å². The van der Waals surface area contributed by atoms with E-state index >= 15 is 0 Å². The summed E-state index contributed by atoms with van der Waals surface area (Å²) in [5, 5.41) is 0. The van der Waals surface area contributed by atoms with E-state index < -0.39 is 0 Å². The SMILES string of the molecule is CCCC(C)(C)CC(C)C(C)C(C)CC. The van der Waals surface area contributed by atoms with Crippen molar-refractivity contribution in [1.29, 1.82) is 0 Å². The van der Waals surface area contributed by atoms with Crippen LogP contribution in [0.4, 0.5) is 0 Å². The van der Waals surface area contributed by atoms with E-state index in [9.17, 15) is 0 Å². The van der Waals surface area contributed by atoms with Gasteiger partial charge in [0.25, 0.3) is 0 Å². The molecule has 0 nitrogen and oxygen atoms in total. The lowest BCUT2D eigenvalue weighted by atomic mass is 9.73. The summed E-state index contributed by atoms with van der Waals surface area (Å²) >= 11 is 0. The van der Waals surface area contributed by atoms with Gasteiger partial charge in [0.2, 0.25) is 0 Å². The van der Waals surface area contributed by atoms with Crippen molar-refractivity contribution in [3.8, 4) is 0 Å². The fourth-order valence-electron chi connectivity index (χ4n) is 2.77. The molecule has 0 aromatic rings. The van der Waals surface area contributed by atoms with Gasteiger partial charge in [0.1, 0.15) is 0 Å². The highest BCUT2D eigenvalue weighted by Gasteiger charge is 2.25. The molecule has 0 heterocycles. The molecule has 0 aliphatic rings. The predicted molar refractivity (Wildman–Crippen MR) is 71.1 cm³/mol. The molecular formula is C15H32. The zero-order chi connectivity index (χ0) is 12.1. The molecule has 0 amide bonds. The Kier molecular flexibility index (Phi) is 6.55. The van der Waals surface area contributed by atoms with E-state index in [1.807, 2.05) is 0 Å². The first-order chi connectivity index (χ1) is 6.84. The highest BCUT2D eigenvalue weighted by atomic mass is 14.3. The van der Waals surface area contributed by atoms with Crippen LogP contribution in [0, 0.1) is 23.2 Å². The minimum Gasteiger partial charge on any atom is -0.0654 e. The van der Waals surface area contributed by atoms with Crippen molar-refractivity contribution in [1.82, 2.24) is 0 Å². The first-order valence-corrected chi connectivity index (χ1v) is 6.84. The maximum atomic E-state index is 2.44. The van der Waals surface area contributed by atoms with Gasteiger partial charge in [-0.1, -0.05) is 61.3 Å². The molecule has 0 aliphatic heterocycles. The summed E-state index contributed by atoms with van der Waals surface area (Å²) in [6.07, 6.45) is 5.38. The maximum Gasteiger partial charge on any atom is -0.0352 e. The van der Waals surface area contributed by atoms with Gasteiger partial charge >= 0.3 is 0 Å². The number of rotatable bonds is 7. The van der Waals surface area contributed by atoms with Crippen LogP contribution in [0.5, 0.6) is 0 Å². The molecule has 0 aromatic carbocycles. The summed E-state index contributed by atoms with van der Waals surface area (Å²) in [6, 6.07) is 0. The molecule has 0 aromatic heterocycles. The lowest BCUT2D eigenvalue weighted by Crippen LogP contribution is -2.23. The summed E-state index contributed by atoms with van der Waals surface area (Å²) in [5.74, 6) is 2.60. The van der Waals surface area contributed by atoms with Gasteiger partial charge in [-0.2, -0.15) is 0 Å². The van der Waals surface area contributed by atoms with Crippen molar-refractivity contribution in [3.63, 3.8) is 0 Å². The third kappa shape index (κ3) is 5.58. The van der Waals surface area contributed by atoms with Gasteiger partial charge in [-0.15, -0.1) is 0 Å². The fourth-order valence-corrected chi connectivity index (χ4v) is 2.77. The minimum absolute atomic E-state index is 0.538. The maximum absolute atomic E-state index is 2.44. The molecule has 0 rings (SSSR count). The van der Waals surface area contributed by atoms with Gasteiger partial charge in [0.05, 0.1) is 0 Å². The molecule has 0 radical (unpaired) electrons. The zero-order valence-electron chi connectivity index (χ0n) is 12.1. The molecule has 3 atom stereocenters. The Morgan fingerprint density at radius 2 is 1.47 bits per heavy atom. The lowest BCUT2D eigenvalue weighted by molar-refractivity contribution is 0.178. The molecule has 0 N–H and O–H groups in total. The van der Waals surface area contributed by atoms with E-state index in [2.05, 4.69) is 48.5 Å². The Balaban J connectivity index is 4.16. The molecule has 15 heavy (non-hydrogen) atoms. The molecular weight excluding hydrogens is 180 g/mol. The van der Waals surface area contributed by atoms with Gasteiger partial charge in [0, 0.05) is 0 Å². The van der Waals surface area contributed by atoms with Crippen molar-refractivity contribution in [2.75, 3.05) is 0 Å². The lowest BCUT2D eigenvalue weighted by Gasteiger charge is -2.33. The second-order valence-corrected chi connectivity index (χ2v) is 6.34. The van der Waals surface area contributed by atoms with Crippen molar-refractivity contribution < 1.29 is 0 Å². The quantitative estimate of drug-likeness (QED) is 0.521. The highest BCUT2D eigenvalue weighted by molar-refractivity contribution is 4.76. The van der Waals surface area contributed by atoms with Crippen LogP contribution < -0.4 is 0 Å². The molecule has 0 bridgehead atoms. The highest BCUT2D eigenvalue weighted by Crippen LogP contribution is 2.35. The van der Waals surface area contributed by atoms with E-state index in [0.717, 1.165) is 17.8 Å². The van der Waals surface area contributed by atoms with Gasteiger partial charge in [-0.25, -0.2) is 0 Å². The minimum atomic E-state index is 0.538. The normalized spacial score (nSPS) is 18.6. The zero-order valence-corrected chi connectivity index (χ0v) is 12.1. The predicted octanol–water partition coefficient (Wildman–Crippen LogP) is 5.52.